The molecule has 2 amide bonds. The SMILES string of the molecule is CCn1c(COc2cccc(C)c2)nnc1SCC(=O)Nc1cccc(C(=O)N2CCOCC2)c1. The highest BCUT2D eigenvalue weighted by molar-refractivity contribution is 7.99. The normalized spacial score (nSPS) is 13.5. The maximum atomic E-state index is 12.7. The molecule has 9 nitrogen and oxygen atoms in total. The van der Waals surface area contributed by atoms with Crippen molar-refractivity contribution < 1.29 is 19.1 Å². The number of aryl methyl sites for hydroxylation is 1. The van der Waals surface area contributed by atoms with Gasteiger partial charge in [-0.3, -0.25) is 9.59 Å². The van der Waals surface area contributed by atoms with Gasteiger partial charge in [-0.1, -0.05) is 30.0 Å². The van der Waals surface area contributed by atoms with E-state index in [0.29, 0.717) is 61.7 Å². The zero-order valence-corrected chi connectivity index (χ0v) is 20.7. The molecule has 0 radical (unpaired) electrons. The molecule has 1 aromatic heterocycles. The Morgan fingerprint density at radius 3 is 2.69 bits per heavy atom. The molecule has 1 fully saturated rings. The van der Waals surface area contributed by atoms with Crippen molar-refractivity contribution in [1.29, 1.82) is 0 Å². The smallest absolute Gasteiger partial charge is 0.254 e. The van der Waals surface area contributed by atoms with Gasteiger partial charge in [0.1, 0.15) is 12.4 Å². The number of benzene rings is 2. The van der Waals surface area contributed by atoms with Crippen molar-refractivity contribution in [1.82, 2.24) is 19.7 Å². The molecule has 0 saturated carbocycles. The molecular formula is C25H29N5O4S. The Kier molecular flexibility index (Phi) is 8.38. The molecule has 10 heteroatoms. The topological polar surface area (TPSA) is 98.6 Å². The average Bonchev–Trinajstić information content (AvgIpc) is 3.28. The van der Waals surface area contributed by atoms with Crippen LogP contribution in [0.3, 0.4) is 0 Å². The van der Waals surface area contributed by atoms with E-state index in [1.165, 1.54) is 11.8 Å². The van der Waals surface area contributed by atoms with Crippen LogP contribution < -0.4 is 10.1 Å². The van der Waals surface area contributed by atoms with Gasteiger partial charge in [0, 0.05) is 30.9 Å². The lowest BCUT2D eigenvalue weighted by Crippen LogP contribution is -2.40. The zero-order valence-electron chi connectivity index (χ0n) is 19.9. The number of anilines is 1. The van der Waals surface area contributed by atoms with Gasteiger partial charge in [-0.25, -0.2) is 0 Å². The Morgan fingerprint density at radius 1 is 1.11 bits per heavy atom. The summed E-state index contributed by atoms with van der Waals surface area (Å²) < 4.78 is 13.1. The van der Waals surface area contributed by atoms with Crippen molar-refractivity contribution in [3.05, 3.63) is 65.5 Å². The fourth-order valence-electron chi connectivity index (χ4n) is 3.71. The molecule has 0 atom stereocenters. The quantitative estimate of drug-likeness (QED) is 0.454. The van der Waals surface area contributed by atoms with Crippen LogP contribution in [0.2, 0.25) is 0 Å². The molecule has 0 spiro atoms. The summed E-state index contributed by atoms with van der Waals surface area (Å²) in [6, 6.07) is 14.8. The van der Waals surface area contributed by atoms with E-state index in [-0.39, 0.29) is 17.6 Å². The molecule has 35 heavy (non-hydrogen) atoms. The Bertz CT molecular complexity index is 1180. The van der Waals surface area contributed by atoms with Crippen molar-refractivity contribution in [3.8, 4) is 5.75 Å². The Hall–Kier alpha value is -3.37. The van der Waals surface area contributed by atoms with Gasteiger partial charge in [0.15, 0.2) is 11.0 Å². The third-order valence-electron chi connectivity index (χ3n) is 5.49. The van der Waals surface area contributed by atoms with Gasteiger partial charge in [0.25, 0.3) is 5.91 Å². The fourth-order valence-corrected chi connectivity index (χ4v) is 4.53. The second kappa shape index (κ2) is 11.9. The largest absolute Gasteiger partial charge is 0.486 e. The lowest BCUT2D eigenvalue weighted by Gasteiger charge is -2.27. The fraction of sp³-hybridized carbons (Fsp3) is 0.360. The molecule has 0 bridgehead atoms. The monoisotopic (exact) mass is 495 g/mol. The summed E-state index contributed by atoms with van der Waals surface area (Å²) in [6.45, 7) is 7.20. The molecule has 1 aliphatic rings. The highest BCUT2D eigenvalue weighted by atomic mass is 32.2. The van der Waals surface area contributed by atoms with Gasteiger partial charge in [0.05, 0.1) is 19.0 Å². The second-order valence-electron chi connectivity index (χ2n) is 8.07. The maximum Gasteiger partial charge on any atom is 0.254 e. The standard InChI is InChI=1S/C25H29N5O4S/c1-3-30-22(16-34-21-9-4-6-18(2)14-21)27-28-25(30)35-17-23(31)26-20-8-5-7-19(15-20)24(32)29-10-12-33-13-11-29/h4-9,14-15H,3,10-13,16-17H2,1-2H3,(H,26,31). The summed E-state index contributed by atoms with van der Waals surface area (Å²) in [5, 5.41) is 12.0. The minimum absolute atomic E-state index is 0.0600. The van der Waals surface area contributed by atoms with Gasteiger partial charge in [-0.15, -0.1) is 10.2 Å². The van der Waals surface area contributed by atoms with Crippen molar-refractivity contribution in [2.75, 3.05) is 37.4 Å². The van der Waals surface area contributed by atoms with E-state index in [4.69, 9.17) is 9.47 Å². The zero-order chi connectivity index (χ0) is 24.6. The minimum atomic E-state index is -0.186. The van der Waals surface area contributed by atoms with Crippen LogP contribution >= 0.6 is 11.8 Å². The number of carbonyl (C=O) groups is 2. The minimum Gasteiger partial charge on any atom is -0.486 e. The lowest BCUT2D eigenvalue weighted by atomic mass is 10.1. The molecule has 2 heterocycles. The Balaban J connectivity index is 1.32. The molecule has 184 valence electrons. The molecule has 1 aliphatic heterocycles. The van der Waals surface area contributed by atoms with E-state index in [0.717, 1.165) is 11.3 Å². The Morgan fingerprint density at radius 2 is 1.91 bits per heavy atom. The second-order valence-corrected chi connectivity index (χ2v) is 9.01. The number of aromatic nitrogens is 3. The summed E-state index contributed by atoms with van der Waals surface area (Å²) in [5.74, 6) is 1.40. The number of nitrogens with one attached hydrogen (secondary N) is 1. The van der Waals surface area contributed by atoms with Crippen LogP contribution in [0.1, 0.15) is 28.7 Å². The molecule has 1 N–H and O–H groups in total. The predicted molar refractivity (Wildman–Crippen MR) is 134 cm³/mol. The van der Waals surface area contributed by atoms with Crippen LogP contribution in [0.25, 0.3) is 0 Å². The van der Waals surface area contributed by atoms with Gasteiger partial charge in [-0.05, 0) is 49.7 Å². The molecular weight excluding hydrogens is 466 g/mol. The summed E-state index contributed by atoms with van der Waals surface area (Å²) in [5.41, 5.74) is 2.25. The molecule has 0 unspecified atom stereocenters. The maximum absolute atomic E-state index is 12.7. The number of hydrogen-bond acceptors (Lipinski definition) is 7. The first-order chi connectivity index (χ1) is 17.0. The first kappa shape index (κ1) is 24.7. The van der Waals surface area contributed by atoms with E-state index in [2.05, 4.69) is 15.5 Å². The number of rotatable bonds is 9. The van der Waals surface area contributed by atoms with E-state index in [1.54, 1.807) is 29.2 Å². The predicted octanol–water partition coefficient (Wildman–Crippen LogP) is 3.39. The van der Waals surface area contributed by atoms with E-state index < -0.39 is 0 Å². The molecule has 2 aromatic carbocycles. The van der Waals surface area contributed by atoms with Crippen LogP contribution in [0, 0.1) is 6.92 Å². The van der Waals surface area contributed by atoms with Gasteiger partial charge in [-0.2, -0.15) is 0 Å². The third kappa shape index (κ3) is 6.61. The first-order valence-electron chi connectivity index (χ1n) is 11.5. The first-order valence-corrected chi connectivity index (χ1v) is 12.5. The van der Waals surface area contributed by atoms with Gasteiger partial charge in [0.2, 0.25) is 5.91 Å². The molecule has 4 rings (SSSR count). The van der Waals surface area contributed by atoms with Crippen molar-refractivity contribution in [3.63, 3.8) is 0 Å². The molecule has 0 aliphatic carbocycles. The van der Waals surface area contributed by atoms with E-state index >= 15 is 0 Å². The third-order valence-corrected chi connectivity index (χ3v) is 6.46. The Labute approximate surface area is 208 Å². The van der Waals surface area contributed by atoms with Crippen molar-refractivity contribution in [2.24, 2.45) is 0 Å². The van der Waals surface area contributed by atoms with Crippen LogP contribution in [0.5, 0.6) is 5.75 Å². The number of carbonyl (C=O) groups excluding carboxylic acids is 2. The van der Waals surface area contributed by atoms with Gasteiger partial charge < -0.3 is 24.3 Å². The number of thioether (sulfide) groups is 1. The molecule has 3 aromatic rings. The number of hydrogen-bond donors (Lipinski definition) is 1. The number of nitrogens with zero attached hydrogens (tertiary/aromatic N) is 4. The summed E-state index contributed by atoms with van der Waals surface area (Å²) in [4.78, 5) is 27.1. The lowest BCUT2D eigenvalue weighted by molar-refractivity contribution is -0.113. The van der Waals surface area contributed by atoms with Crippen LogP contribution in [-0.2, 0) is 22.7 Å². The van der Waals surface area contributed by atoms with Crippen molar-refractivity contribution >= 4 is 29.3 Å². The van der Waals surface area contributed by atoms with Crippen LogP contribution in [0.15, 0.2) is 53.7 Å². The van der Waals surface area contributed by atoms with Crippen LogP contribution in [0.4, 0.5) is 5.69 Å². The number of ether oxygens (including phenoxy) is 2. The number of morpholine rings is 1. The highest BCUT2D eigenvalue weighted by Crippen LogP contribution is 2.20. The van der Waals surface area contributed by atoms with Crippen LogP contribution in [-0.4, -0.2) is 63.5 Å². The average molecular weight is 496 g/mol. The van der Waals surface area contributed by atoms with E-state index in [1.807, 2.05) is 42.7 Å². The summed E-state index contributed by atoms with van der Waals surface area (Å²) in [6.07, 6.45) is 0. The number of amides is 2. The summed E-state index contributed by atoms with van der Waals surface area (Å²) in [7, 11) is 0. The van der Waals surface area contributed by atoms with E-state index in [9.17, 15) is 9.59 Å². The highest BCUT2D eigenvalue weighted by Gasteiger charge is 2.19. The van der Waals surface area contributed by atoms with Crippen molar-refractivity contribution in [2.45, 2.75) is 32.2 Å². The molecule has 1 saturated heterocycles. The van der Waals surface area contributed by atoms with Gasteiger partial charge >= 0.3 is 0 Å². The summed E-state index contributed by atoms with van der Waals surface area (Å²) >= 11 is 1.31.